The summed E-state index contributed by atoms with van der Waals surface area (Å²) in [6.07, 6.45) is 2.66. The van der Waals surface area contributed by atoms with Crippen molar-refractivity contribution in [2.75, 3.05) is 66.1 Å². The minimum Gasteiger partial charge on any atom is -0.383 e. The highest BCUT2D eigenvalue weighted by molar-refractivity contribution is 5.85. The first-order valence-electron chi connectivity index (χ1n) is 7.94. The maximum Gasteiger partial charge on any atom is 0.0589 e. The number of nitrogens with one attached hydrogen (secondary N) is 1. The van der Waals surface area contributed by atoms with Gasteiger partial charge in [0.05, 0.1) is 6.61 Å². The van der Waals surface area contributed by atoms with Crippen molar-refractivity contribution in [1.82, 2.24) is 15.1 Å². The van der Waals surface area contributed by atoms with Gasteiger partial charge < -0.3 is 15.0 Å². The molecule has 0 atom stereocenters. The maximum atomic E-state index is 5.25. The summed E-state index contributed by atoms with van der Waals surface area (Å²) in [5.41, 5.74) is 0. The fourth-order valence-corrected chi connectivity index (χ4v) is 2.77. The van der Waals surface area contributed by atoms with Crippen LogP contribution in [-0.2, 0) is 4.74 Å². The van der Waals surface area contributed by atoms with Crippen molar-refractivity contribution in [2.24, 2.45) is 5.92 Å². The van der Waals surface area contributed by atoms with Gasteiger partial charge in [0.15, 0.2) is 0 Å². The second-order valence-electron chi connectivity index (χ2n) is 5.51. The van der Waals surface area contributed by atoms with Crippen molar-refractivity contribution in [1.29, 1.82) is 0 Å². The van der Waals surface area contributed by atoms with E-state index in [4.69, 9.17) is 4.74 Å². The molecule has 0 bridgehead atoms. The van der Waals surface area contributed by atoms with E-state index in [2.05, 4.69) is 29.0 Å². The van der Waals surface area contributed by atoms with E-state index < -0.39 is 0 Å². The molecule has 0 aromatic carbocycles. The number of hydrogen-bond acceptors (Lipinski definition) is 4. The Hall–Kier alpha value is 0.130. The number of methoxy groups -OCH3 is 1. The smallest absolute Gasteiger partial charge is 0.0589 e. The average Bonchev–Trinajstić information content (AvgIpc) is 2.46. The fourth-order valence-electron chi connectivity index (χ4n) is 2.77. The lowest BCUT2D eigenvalue weighted by Crippen LogP contribution is -2.41. The van der Waals surface area contributed by atoms with Crippen molar-refractivity contribution in [3.63, 3.8) is 0 Å². The molecular formula is C15H34ClN3O. The fraction of sp³-hybridized carbons (Fsp3) is 1.00. The Kier molecular flexibility index (Phi) is 12.9. The highest BCUT2D eigenvalue weighted by atomic mass is 35.5. The summed E-state index contributed by atoms with van der Waals surface area (Å²) in [6.45, 7) is 14.7. The molecule has 0 spiro atoms. The van der Waals surface area contributed by atoms with Crippen LogP contribution in [0.25, 0.3) is 0 Å². The van der Waals surface area contributed by atoms with Gasteiger partial charge in [0, 0.05) is 33.3 Å². The molecule has 5 heteroatoms. The molecule has 1 rings (SSSR count). The van der Waals surface area contributed by atoms with Crippen molar-refractivity contribution in [3.8, 4) is 0 Å². The first-order valence-corrected chi connectivity index (χ1v) is 7.94. The maximum absolute atomic E-state index is 5.25. The normalized spacial score (nSPS) is 16.6. The summed E-state index contributed by atoms with van der Waals surface area (Å²) in [5, 5.41) is 3.45. The molecule has 4 nitrogen and oxygen atoms in total. The standard InChI is InChI=1S/C15H33N3O.ClH/c1-4-17(5-2)10-11-18(12-13-19-3)14-15-6-8-16-9-7-15;/h15-16H,4-14H2,1-3H3;1H. The van der Waals surface area contributed by atoms with Gasteiger partial charge in [-0.3, -0.25) is 4.90 Å². The van der Waals surface area contributed by atoms with E-state index >= 15 is 0 Å². The Balaban J connectivity index is 0.00000361. The van der Waals surface area contributed by atoms with E-state index in [0.717, 1.165) is 32.2 Å². The number of nitrogens with zero attached hydrogens (tertiary/aromatic N) is 2. The van der Waals surface area contributed by atoms with Gasteiger partial charge in [-0.1, -0.05) is 13.8 Å². The van der Waals surface area contributed by atoms with Gasteiger partial charge in [0.25, 0.3) is 0 Å². The van der Waals surface area contributed by atoms with Crippen molar-refractivity contribution in [2.45, 2.75) is 26.7 Å². The van der Waals surface area contributed by atoms with Crippen LogP contribution in [0.3, 0.4) is 0 Å². The Morgan fingerprint density at radius 3 is 2.15 bits per heavy atom. The van der Waals surface area contributed by atoms with Gasteiger partial charge in [-0.05, 0) is 44.9 Å². The number of likely N-dealkylation sites (N-methyl/N-ethyl adjacent to an activating group) is 1. The molecule has 0 saturated carbocycles. The molecule has 0 aromatic heterocycles. The SMILES string of the molecule is CCN(CC)CCN(CCOC)CC1CCNCC1.Cl. The zero-order valence-electron chi connectivity index (χ0n) is 13.6. The Labute approximate surface area is 131 Å². The second kappa shape index (κ2) is 12.8. The molecule has 1 saturated heterocycles. The number of rotatable bonds is 10. The van der Waals surface area contributed by atoms with E-state index in [9.17, 15) is 0 Å². The summed E-state index contributed by atoms with van der Waals surface area (Å²) in [6, 6.07) is 0. The third-order valence-corrected chi connectivity index (χ3v) is 4.21. The van der Waals surface area contributed by atoms with E-state index in [1.54, 1.807) is 7.11 Å². The first-order chi connectivity index (χ1) is 9.30. The van der Waals surface area contributed by atoms with Gasteiger partial charge in [-0.25, -0.2) is 0 Å². The summed E-state index contributed by atoms with van der Waals surface area (Å²) in [5.74, 6) is 0.870. The third-order valence-electron chi connectivity index (χ3n) is 4.21. The molecule has 1 aliphatic heterocycles. The van der Waals surface area contributed by atoms with E-state index in [0.29, 0.717) is 0 Å². The number of hydrogen-bond donors (Lipinski definition) is 1. The Morgan fingerprint density at radius 1 is 1.00 bits per heavy atom. The molecule has 1 aliphatic rings. The predicted octanol–water partition coefficient (Wildman–Crippen LogP) is 1.70. The Morgan fingerprint density at radius 2 is 1.60 bits per heavy atom. The minimum atomic E-state index is 0. The predicted molar refractivity (Wildman–Crippen MR) is 88.9 cm³/mol. The van der Waals surface area contributed by atoms with E-state index in [-0.39, 0.29) is 12.4 Å². The lowest BCUT2D eigenvalue weighted by atomic mass is 9.97. The molecular weight excluding hydrogens is 274 g/mol. The highest BCUT2D eigenvalue weighted by Crippen LogP contribution is 2.13. The lowest BCUT2D eigenvalue weighted by molar-refractivity contribution is 0.120. The van der Waals surface area contributed by atoms with Crippen molar-refractivity contribution < 1.29 is 4.74 Å². The zero-order chi connectivity index (χ0) is 13.9. The minimum absolute atomic E-state index is 0. The second-order valence-corrected chi connectivity index (χ2v) is 5.51. The van der Waals surface area contributed by atoms with Crippen LogP contribution in [0.4, 0.5) is 0 Å². The van der Waals surface area contributed by atoms with Crippen LogP contribution < -0.4 is 5.32 Å². The van der Waals surface area contributed by atoms with Gasteiger partial charge in [-0.2, -0.15) is 0 Å². The lowest BCUT2D eigenvalue weighted by Gasteiger charge is -2.31. The number of halogens is 1. The third kappa shape index (κ3) is 8.42. The molecule has 0 aromatic rings. The van der Waals surface area contributed by atoms with Crippen LogP contribution in [0.1, 0.15) is 26.7 Å². The van der Waals surface area contributed by atoms with Gasteiger partial charge in [0.2, 0.25) is 0 Å². The number of ether oxygens (including phenoxy) is 1. The van der Waals surface area contributed by atoms with Crippen LogP contribution in [0.5, 0.6) is 0 Å². The zero-order valence-corrected chi connectivity index (χ0v) is 14.4. The van der Waals surface area contributed by atoms with Crippen molar-refractivity contribution >= 4 is 12.4 Å². The summed E-state index contributed by atoms with van der Waals surface area (Å²) < 4.78 is 5.25. The average molecular weight is 308 g/mol. The number of piperidine rings is 1. The highest BCUT2D eigenvalue weighted by Gasteiger charge is 2.17. The van der Waals surface area contributed by atoms with E-state index in [1.807, 2.05) is 0 Å². The first kappa shape index (κ1) is 20.1. The molecule has 1 N–H and O–H groups in total. The summed E-state index contributed by atoms with van der Waals surface area (Å²) in [4.78, 5) is 5.10. The molecule has 122 valence electrons. The molecule has 0 unspecified atom stereocenters. The van der Waals surface area contributed by atoms with Crippen LogP contribution in [0.15, 0.2) is 0 Å². The monoisotopic (exact) mass is 307 g/mol. The van der Waals surface area contributed by atoms with Gasteiger partial charge in [-0.15, -0.1) is 12.4 Å². The molecule has 1 heterocycles. The van der Waals surface area contributed by atoms with Gasteiger partial charge in [0.1, 0.15) is 0 Å². The largest absolute Gasteiger partial charge is 0.383 e. The van der Waals surface area contributed by atoms with Crippen LogP contribution >= 0.6 is 12.4 Å². The van der Waals surface area contributed by atoms with Gasteiger partial charge >= 0.3 is 0 Å². The van der Waals surface area contributed by atoms with Crippen LogP contribution in [-0.4, -0.2) is 75.9 Å². The molecule has 20 heavy (non-hydrogen) atoms. The quantitative estimate of drug-likeness (QED) is 0.665. The van der Waals surface area contributed by atoms with E-state index in [1.165, 1.54) is 45.6 Å². The topological polar surface area (TPSA) is 27.7 Å². The summed E-state index contributed by atoms with van der Waals surface area (Å²) >= 11 is 0. The summed E-state index contributed by atoms with van der Waals surface area (Å²) in [7, 11) is 1.80. The molecule has 0 radical (unpaired) electrons. The van der Waals surface area contributed by atoms with Crippen molar-refractivity contribution in [3.05, 3.63) is 0 Å². The molecule has 0 amide bonds. The van der Waals surface area contributed by atoms with Crippen LogP contribution in [0.2, 0.25) is 0 Å². The van der Waals surface area contributed by atoms with Crippen LogP contribution in [0, 0.1) is 5.92 Å². The Bertz CT molecular complexity index is 209. The molecule has 1 fully saturated rings. The molecule has 0 aliphatic carbocycles.